The molecular formula is C13H21ClN2O3S. The summed E-state index contributed by atoms with van der Waals surface area (Å²) in [6.07, 6.45) is 1.42. The molecule has 0 bridgehead atoms. The molecule has 0 unspecified atom stereocenters. The smallest absolute Gasteiger partial charge is 0.244 e. The second-order valence-corrected chi connectivity index (χ2v) is 6.55. The number of ether oxygens (including phenoxy) is 1. The van der Waals surface area contributed by atoms with Gasteiger partial charge in [0.25, 0.3) is 0 Å². The molecule has 20 heavy (non-hydrogen) atoms. The third-order valence-electron chi connectivity index (χ3n) is 3.12. The molecule has 0 aliphatic rings. The van der Waals surface area contributed by atoms with Crippen LogP contribution in [0.3, 0.4) is 0 Å². The number of nitrogens with two attached hydrogens (primary N) is 1. The fourth-order valence-corrected chi connectivity index (χ4v) is 3.89. The number of nitrogens with one attached hydrogen (secondary N) is 1. The zero-order chi connectivity index (χ0) is 15.3. The summed E-state index contributed by atoms with van der Waals surface area (Å²) in [6.45, 7) is 4.01. The fraction of sp³-hybridized carbons (Fsp3) is 0.538. The van der Waals surface area contributed by atoms with Gasteiger partial charge < -0.3 is 10.5 Å². The van der Waals surface area contributed by atoms with Crippen LogP contribution in [-0.2, 0) is 16.6 Å². The fourth-order valence-electron chi connectivity index (χ4n) is 1.94. The van der Waals surface area contributed by atoms with Crippen LogP contribution in [0.15, 0.2) is 17.0 Å². The van der Waals surface area contributed by atoms with Crippen molar-refractivity contribution in [3.63, 3.8) is 0 Å². The normalized spacial score (nSPS) is 11.9. The Balaban J connectivity index is 3.33. The van der Waals surface area contributed by atoms with Gasteiger partial charge >= 0.3 is 0 Å². The van der Waals surface area contributed by atoms with E-state index in [1.807, 2.05) is 13.8 Å². The maximum Gasteiger partial charge on any atom is 0.244 e. The van der Waals surface area contributed by atoms with Gasteiger partial charge in [-0.25, -0.2) is 13.1 Å². The molecule has 0 heterocycles. The molecule has 0 atom stereocenters. The Bertz CT molecular complexity index is 557. The van der Waals surface area contributed by atoms with Crippen molar-refractivity contribution in [3.05, 3.63) is 22.7 Å². The highest BCUT2D eigenvalue weighted by Gasteiger charge is 2.24. The molecule has 0 amide bonds. The molecule has 1 rings (SSSR count). The third-order valence-corrected chi connectivity index (χ3v) is 4.86. The quantitative estimate of drug-likeness (QED) is 0.807. The highest BCUT2D eigenvalue weighted by molar-refractivity contribution is 7.89. The number of hydrogen-bond acceptors (Lipinski definition) is 4. The molecule has 0 radical (unpaired) electrons. The van der Waals surface area contributed by atoms with Crippen molar-refractivity contribution in [2.75, 3.05) is 7.11 Å². The first-order valence-corrected chi connectivity index (χ1v) is 8.34. The highest BCUT2D eigenvalue weighted by Crippen LogP contribution is 2.31. The molecule has 0 fully saturated rings. The summed E-state index contributed by atoms with van der Waals surface area (Å²) in [7, 11) is -2.28. The number of halogens is 1. The first kappa shape index (κ1) is 17.2. The number of sulfonamides is 1. The van der Waals surface area contributed by atoms with Crippen molar-refractivity contribution in [1.82, 2.24) is 4.72 Å². The lowest BCUT2D eigenvalue weighted by atomic mass is 10.2. The summed E-state index contributed by atoms with van der Waals surface area (Å²) in [5.74, 6) is 0.246. The van der Waals surface area contributed by atoms with Crippen LogP contribution in [0, 0.1) is 0 Å². The molecule has 0 spiro atoms. The lowest BCUT2D eigenvalue weighted by Gasteiger charge is -2.18. The van der Waals surface area contributed by atoms with Gasteiger partial charge in [0, 0.05) is 23.2 Å². The Morgan fingerprint density at radius 3 is 2.40 bits per heavy atom. The van der Waals surface area contributed by atoms with Crippen LogP contribution in [0.25, 0.3) is 0 Å². The lowest BCUT2D eigenvalue weighted by molar-refractivity contribution is 0.396. The van der Waals surface area contributed by atoms with Gasteiger partial charge in [-0.2, -0.15) is 0 Å². The maximum absolute atomic E-state index is 12.5. The van der Waals surface area contributed by atoms with E-state index in [1.54, 1.807) is 6.07 Å². The summed E-state index contributed by atoms with van der Waals surface area (Å²) in [5.41, 5.74) is 6.17. The van der Waals surface area contributed by atoms with E-state index in [9.17, 15) is 8.42 Å². The van der Waals surface area contributed by atoms with Crippen LogP contribution < -0.4 is 15.2 Å². The first-order valence-electron chi connectivity index (χ1n) is 6.48. The van der Waals surface area contributed by atoms with E-state index in [0.717, 1.165) is 0 Å². The van der Waals surface area contributed by atoms with Gasteiger partial charge in [0.15, 0.2) is 0 Å². The van der Waals surface area contributed by atoms with E-state index in [2.05, 4.69) is 4.72 Å². The SMILES string of the molecule is CCC(CC)NS(=O)(=O)c1cc(Cl)cc(CN)c1OC. The average molecular weight is 321 g/mol. The minimum Gasteiger partial charge on any atom is -0.495 e. The molecule has 0 aliphatic carbocycles. The molecule has 0 saturated carbocycles. The van der Waals surface area contributed by atoms with Crippen molar-refractivity contribution in [2.24, 2.45) is 5.73 Å². The van der Waals surface area contributed by atoms with Crippen LogP contribution in [0.1, 0.15) is 32.3 Å². The van der Waals surface area contributed by atoms with Gasteiger partial charge in [-0.15, -0.1) is 0 Å². The van der Waals surface area contributed by atoms with Crippen LogP contribution in [0.2, 0.25) is 5.02 Å². The predicted octanol–water partition coefficient (Wildman–Crippen LogP) is 2.27. The van der Waals surface area contributed by atoms with Crippen molar-refractivity contribution < 1.29 is 13.2 Å². The Morgan fingerprint density at radius 2 is 1.95 bits per heavy atom. The summed E-state index contributed by atoms with van der Waals surface area (Å²) in [6, 6.07) is 2.87. The molecule has 0 aliphatic heterocycles. The second-order valence-electron chi connectivity index (χ2n) is 4.44. The van der Waals surface area contributed by atoms with E-state index in [4.69, 9.17) is 22.1 Å². The van der Waals surface area contributed by atoms with E-state index >= 15 is 0 Å². The Morgan fingerprint density at radius 1 is 1.35 bits per heavy atom. The maximum atomic E-state index is 12.5. The molecule has 0 aromatic heterocycles. The molecule has 1 aromatic carbocycles. The second kappa shape index (κ2) is 7.26. The minimum absolute atomic E-state index is 0.0276. The van der Waals surface area contributed by atoms with Crippen LogP contribution in [-0.4, -0.2) is 21.6 Å². The summed E-state index contributed by atoms with van der Waals surface area (Å²) in [4.78, 5) is 0.0276. The van der Waals surface area contributed by atoms with E-state index in [1.165, 1.54) is 13.2 Å². The standard InChI is InChI=1S/C13H21ClN2O3S/c1-4-11(5-2)16-20(17,18)12-7-10(14)6-9(8-15)13(12)19-3/h6-7,11,16H,4-5,8,15H2,1-3H3. The molecule has 5 nitrogen and oxygen atoms in total. The molecular weight excluding hydrogens is 300 g/mol. The van der Waals surface area contributed by atoms with Gasteiger partial charge in [0.2, 0.25) is 10.0 Å². The van der Waals surface area contributed by atoms with Crippen molar-refractivity contribution in [1.29, 1.82) is 0 Å². The van der Waals surface area contributed by atoms with Crippen molar-refractivity contribution >= 4 is 21.6 Å². The van der Waals surface area contributed by atoms with Crippen LogP contribution in [0.4, 0.5) is 0 Å². The third kappa shape index (κ3) is 3.85. The molecule has 114 valence electrons. The molecule has 3 N–H and O–H groups in total. The van der Waals surface area contributed by atoms with Crippen LogP contribution >= 0.6 is 11.6 Å². The Labute approximate surface area is 125 Å². The summed E-state index contributed by atoms with van der Waals surface area (Å²) in [5, 5.41) is 0.316. The molecule has 7 heteroatoms. The number of rotatable bonds is 7. The predicted molar refractivity (Wildman–Crippen MR) is 80.6 cm³/mol. The van der Waals surface area contributed by atoms with Gasteiger partial charge in [-0.3, -0.25) is 0 Å². The van der Waals surface area contributed by atoms with E-state index in [0.29, 0.717) is 23.4 Å². The zero-order valence-electron chi connectivity index (χ0n) is 11.9. The van der Waals surface area contributed by atoms with E-state index < -0.39 is 10.0 Å². The van der Waals surface area contributed by atoms with Gasteiger partial charge in [-0.1, -0.05) is 25.4 Å². The minimum atomic E-state index is -3.70. The van der Waals surface area contributed by atoms with Crippen LogP contribution in [0.5, 0.6) is 5.75 Å². The van der Waals surface area contributed by atoms with E-state index in [-0.39, 0.29) is 23.2 Å². The van der Waals surface area contributed by atoms with Gasteiger partial charge in [-0.05, 0) is 25.0 Å². The number of benzene rings is 1. The molecule has 1 aromatic rings. The van der Waals surface area contributed by atoms with Gasteiger partial charge in [0.1, 0.15) is 10.6 Å². The molecule has 0 saturated heterocycles. The Kier molecular flexibility index (Phi) is 6.26. The zero-order valence-corrected chi connectivity index (χ0v) is 13.5. The largest absolute Gasteiger partial charge is 0.495 e. The highest BCUT2D eigenvalue weighted by atomic mass is 35.5. The lowest BCUT2D eigenvalue weighted by Crippen LogP contribution is -2.34. The Hall–Kier alpha value is -0.820. The summed E-state index contributed by atoms with van der Waals surface area (Å²) >= 11 is 5.96. The first-order chi connectivity index (χ1) is 9.39. The van der Waals surface area contributed by atoms with Crippen molar-refractivity contribution in [2.45, 2.75) is 44.2 Å². The number of methoxy groups -OCH3 is 1. The van der Waals surface area contributed by atoms with Crippen molar-refractivity contribution in [3.8, 4) is 5.75 Å². The monoisotopic (exact) mass is 320 g/mol. The topological polar surface area (TPSA) is 81.4 Å². The average Bonchev–Trinajstić information content (AvgIpc) is 2.43. The van der Waals surface area contributed by atoms with Gasteiger partial charge in [0.05, 0.1) is 7.11 Å². The number of hydrogen-bond donors (Lipinski definition) is 2. The summed E-state index contributed by atoms with van der Waals surface area (Å²) < 4.78 is 32.8.